The van der Waals surface area contributed by atoms with E-state index >= 15 is 0 Å². The predicted molar refractivity (Wildman–Crippen MR) is 44.8 cm³/mol. The van der Waals surface area contributed by atoms with Crippen molar-refractivity contribution < 1.29 is 14.6 Å². The molecule has 0 aromatic rings. The Morgan fingerprint density at radius 1 is 1.58 bits per heavy atom. The first-order valence-corrected chi connectivity index (χ1v) is 4.22. The Labute approximate surface area is 72.9 Å². The third-order valence-electron chi connectivity index (χ3n) is 2.34. The van der Waals surface area contributed by atoms with Gasteiger partial charge in [-0.3, -0.25) is 0 Å². The Morgan fingerprint density at radius 3 is 2.75 bits per heavy atom. The lowest BCUT2D eigenvalue weighted by molar-refractivity contribution is -0.214. The number of aliphatic hydroxyl groups is 1. The van der Waals surface area contributed by atoms with Crippen LogP contribution in [0, 0.1) is 0 Å². The van der Waals surface area contributed by atoms with Gasteiger partial charge in [-0.15, -0.1) is 0 Å². The molecule has 0 aliphatic carbocycles. The Kier molecular flexibility index (Phi) is 3.46. The number of rotatable bonds is 2. The summed E-state index contributed by atoms with van der Waals surface area (Å²) in [5.74, 6) is 0. The lowest BCUT2D eigenvalue weighted by Gasteiger charge is -2.36. The number of aliphatic hydroxyl groups excluding tert-OH is 1. The van der Waals surface area contributed by atoms with Crippen LogP contribution in [0.5, 0.6) is 0 Å². The van der Waals surface area contributed by atoms with E-state index < -0.39 is 6.10 Å². The third kappa shape index (κ3) is 1.95. The first kappa shape index (κ1) is 9.92. The molecule has 72 valence electrons. The standard InChI is InChI=1S/C8H17NO3/c1-5-8(10)6(9-2)4-7(11-3)12-5/h5-10H,4H2,1-3H3/t5-,6?,7?,8?/m0/s1. The van der Waals surface area contributed by atoms with E-state index in [0.29, 0.717) is 6.42 Å². The average Bonchev–Trinajstić information content (AvgIpc) is 2.09. The Balaban J connectivity index is 2.52. The number of hydrogen-bond donors (Lipinski definition) is 2. The smallest absolute Gasteiger partial charge is 0.159 e. The maximum absolute atomic E-state index is 9.61. The number of ether oxygens (including phenoxy) is 2. The first-order valence-electron chi connectivity index (χ1n) is 4.22. The average molecular weight is 175 g/mol. The topological polar surface area (TPSA) is 50.7 Å². The molecule has 1 aliphatic heterocycles. The fraction of sp³-hybridized carbons (Fsp3) is 1.00. The van der Waals surface area contributed by atoms with Gasteiger partial charge in [0.25, 0.3) is 0 Å². The molecule has 1 heterocycles. The van der Waals surface area contributed by atoms with E-state index in [1.165, 1.54) is 0 Å². The minimum absolute atomic E-state index is 0.0682. The van der Waals surface area contributed by atoms with E-state index in [4.69, 9.17) is 9.47 Å². The van der Waals surface area contributed by atoms with E-state index in [9.17, 15) is 5.11 Å². The van der Waals surface area contributed by atoms with Crippen molar-refractivity contribution in [2.75, 3.05) is 14.2 Å². The van der Waals surface area contributed by atoms with Crippen molar-refractivity contribution in [3.05, 3.63) is 0 Å². The largest absolute Gasteiger partial charge is 0.389 e. The van der Waals surface area contributed by atoms with Crippen molar-refractivity contribution in [3.63, 3.8) is 0 Å². The molecular weight excluding hydrogens is 158 g/mol. The highest BCUT2D eigenvalue weighted by Crippen LogP contribution is 2.19. The van der Waals surface area contributed by atoms with Gasteiger partial charge in [-0.1, -0.05) is 0 Å². The zero-order valence-corrected chi connectivity index (χ0v) is 7.78. The van der Waals surface area contributed by atoms with Crippen molar-refractivity contribution in [1.29, 1.82) is 0 Å². The molecule has 0 radical (unpaired) electrons. The van der Waals surface area contributed by atoms with Crippen LogP contribution >= 0.6 is 0 Å². The Morgan fingerprint density at radius 2 is 2.25 bits per heavy atom. The van der Waals surface area contributed by atoms with Crippen LogP contribution in [0.2, 0.25) is 0 Å². The van der Waals surface area contributed by atoms with Gasteiger partial charge < -0.3 is 19.9 Å². The lowest BCUT2D eigenvalue weighted by Crippen LogP contribution is -2.52. The maximum atomic E-state index is 9.61. The van der Waals surface area contributed by atoms with Crippen LogP contribution in [0.4, 0.5) is 0 Å². The second kappa shape index (κ2) is 4.18. The molecule has 0 bridgehead atoms. The monoisotopic (exact) mass is 175 g/mol. The zero-order chi connectivity index (χ0) is 9.14. The van der Waals surface area contributed by atoms with Crippen LogP contribution in [0.25, 0.3) is 0 Å². The van der Waals surface area contributed by atoms with Crippen LogP contribution in [0.1, 0.15) is 13.3 Å². The summed E-state index contributed by atoms with van der Waals surface area (Å²) in [5.41, 5.74) is 0. The third-order valence-corrected chi connectivity index (χ3v) is 2.34. The summed E-state index contributed by atoms with van der Waals surface area (Å²) >= 11 is 0. The Bertz CT molecular complexity index is 142. The minimum atomic E-state index is -0.443. The van der Waals surface area contributed by atoms with Gasteiger partial charge in [0.15, 0.2) is 6.29 Å². The molecule has 1 rings (SSSR count). The van der Waals surface area contributed by atoms with Crippen LogP contribution in [0.3, 0.4) is 0 Å². The number of methoxy groups -OCH3 is 1. The summed E-state index contributed by atoms with van der Waals surface area (Å²) in [6, 6.07) is 0.0682. The van der Waals surface area contributed by atoms with E-state index in [1.807, 2.05) is 14.0 Å². The Hall–Kier alpha value is -0.160. The van der Waals surface area contributed by atoms with E-state index in [0.717, 1.165) is 0 Å². The van der Waals surface area contributed by atoms with Crippen LogP contribution in [-0.2, 0) is 9.47 Å². The lowest BCUT2D eigenvalue weighted by atomic mass is 10.00. The van der Waals surface area contributed by atoms with E-state index in [2.05, 4.69) is 5.32 Å². The second-order valence-electron chi connectivity index (χ2n) is 3.13. The molecule has 1 fully saturated rings. The normalized spacial score (nSPS) is 43.0. The number of hydrogen-bond acceptors (Lipinski definition) is 4. The van der Waals surface area contributed by atoms with Crippen molar-refractivity contribution in [1.82, 2.24) is 5.32 Å². The summed E-state index contributed by atoms with van der Waals surface area (Å²) in [4.78, 5) is 0. The molecular formula is C8H17NO3. The summed E-state index contributed by atoms with van der Waals surface area (Å²) in [5, 5.41) is 12.6. The molecule has 4 atom stereocenters. The molecule has 1 saturated heterocycles. The fourth-order valence-electron chi connectivity index (χ4n) is 1.49. The van der Waals surface area contributed by atoms with Crippen LogP contribution < -0.4 is 5.32 Å². The SMILES string of the molecule is CNC1CC(OC)O[C@@H](C)C1O. The molecule has 3 unspecified atom stereocenters. The molecule has 0 aromatic heterocycles. The predicted octanol–water partition coefficient (Wildman–Crippen LogP) is -0.283. The van der Waals surface area contributed by atoms with Gasteiger partial charge in [-0.25, -0.2) is 0 Å². The molecule has 4 heteroatoms. The maximum Gasteiger partial charge on any atom is 0.159 e. The van der Waals surface area contributed by atoms with Crippen molar-refractivity contribution in [2.24, 2.45) is 0 Å². The highest BCUT2D eigenvalue weighted by atomic mass is 16.7. The zero-order valence-electron chi connectivity index (χ0n) is 7.78. The summed E-state index contributed by atoms with van der Waals surface area (Å²) in [6.07, 6.45) is -0.109. The van der Waals surface area contributed by atoms with Gasteiger partial charge in [0.05, 0.1) is 12.2 Å². The molecule has 12 heavy (non-hydrogen) atoms. The first-order chi connectivity index (χ1) is 5.69. The van der Waals surface area contributed by atoms with Gasteiger partial charge in [0, 0.05) is 19.6 Å². The van der Waals surface area contributed by atoms with Crippen LogP contribution in [-0.4, -0.2) is 43.8 Å². The van der Waals surface area contributed by atoms with Gasteiger partial charge in [-0.2, -0.15) is 0 Å². The second-order valence-corrected chi connectivity index (χ2v) is 3.13. The van der Waals surface area contributed by atoms with Crippen molar-refractivity contribution in [3.8, 4) is 0 Å². The molecule has 0 spiro atoms. The van der Waals surface area contributed by atoms with Crippen molar-refractivity contribution in [2.45, 2.75) is 37.9 Å². The highest BCUT2D eigenvalue weighted by molar-refractivity contribution is 4.84. The molecule has 0 aromatic carbocycles. The fourth-order valence-corrected chi connectivity index (χ4v) is 1.49. The molecule has 2 N–H and O–H groups in total. The summed E-state index contributed by atoms with van der Waals surface area (Å²) in [6.45, 7) is 1.85. The molecule has 0 saturated carbocycles. The van der Waals surface area contributed by atoms with Crippen molar-refractivity contribution >= 4 is 0 Å². The highest BCUT2D eigenvalue weighted by Gasteiger charge is 2.34. The van der Waals surface area contributed by atoms with E-state index in [1.54, 1.807) is 7.11 Å². The van der Waals surface area contributed by atoms with Crippen LogP contribution in [0.15, 0.2) is 0 Å². The quantitative estimate of drug-likeness (QED) is 0.606. The molecule has 0 amide bonds. The molecule has 1 aliphatic rings. The number of likely N-dealkylation sites (N-methyl/N-ethyl adjacent to an activating group) is 1. The summed E-state index contributed by atoms with van der Waals surface area (Å²) < 4.78 is 10.4. The van der Waals surface area contributed by atoms with Gasteiger partial charge in [-0.05, 0) is 14.0 Å². The van der Waals surface area contributed by atoms with E-state index in [-0.39, 0.29) is 18.4 Å². The number of nitrogens with one attached hydrogen (secondary N) is 1. The minimum Gasteiger partial charge on any atom is -0.389 e. The van der Waals surface area contributed by atoms with Gasteiger partial charge >= 0.3 is 0 Å². The van der Waals surface area contributed by atoms with Gasteiger partial charge in [0.1, 0.15) is 0 Å². The molecule has 4 nitrogen and oxygen atoms in total. The summed E-state index contributed by atoms with van der Waals surface area (Å²) in [7, 11) is 3.44. The van der Waals surface area contributed by atoms with Gasteiger partial charge in [0.2, 0.25) is 0 Å².